The molecule has 33 heavy (non-hydrogen) atoms. The summed E-state index contributed by atoms with van der Waals surface area (Å²) in [5.41, 5.74) is 1.51. The van der Waals surface area contributed by atoms with Crippen molar-refractivity contribution in [2.45, 2.75) is 13.0 Å². The van der Waals surface area contributed by atoms with Gasteiger partial charge in [0.05, 0.1) is 15.0 Å². The summed E-state index contributed by atoms with van der Waals surface area (Å²) in [7, 11) is 0. The minimum atomic E-state index is -0.398. The summed E-state index contributed by atoms with van der Waals surface area (Å²) in [5.74, 6) is -0.132. The number of piperazine rings is 1. The number of carbonyl (C=O) groups is 1. The molecule has 5 rings (SSSR count). The highest BCUT2D eigenvalue weighted by atomic mass is 32.1. The zero-order chi connectivity index (χ0) is 22.6. The van der Waals surface area contributed by atoms with Crippen LogP contribution in [0.5, 0.6) is 0 Å². The van der Waals surface area contributed by atoms with Crippen molar-refractivity contribution in [2.75, 3.05) is 39.3 Å². The van der Waals surface area contributed by atoms with Gasteiger partial charge in [0.2, 0.25) is 0 Å². The normalized spacial score (nSPS) is 15.3. The minimum absolute atomic E-state index is 0.132. The van der Waals surface area contributed by atoms with Crippen molar-refractivity contribution in [1.29, 1.82) is 0 Å². The fraction of sp³-hybridized carbons (Fsp3) is 0.308. The van der Waals surface area contributed by atoms with Crippen LogP contribution >= 0.6 is 11.3 Å². The molecule has 0 unspecified atom stereocenters. The Bertz CT molecular complexity index is 1310. The van der Waals surface area contributed by atoms with Crippen molar-refractivity contribution >= 4 is 38.3 Å². The van der Waals surface area contributed by atoms with E-state index in [4.69, 9.17) is 4.42 Å². The van der Waals surface area contributed by atoms with Gasteiger partial charge in [0.1, 0.15) is 5.58 Å². The summed E-state index contributed by atoms with van der Waals surface area (Å²) < 4.78 is 6.19. The number of hydrogen-bond acceptors (Lipinski definition) is 6. The topological polar surface area (TPSA) is 65.8 Å². The highest BCUT2D eigenvalue weighted by molar-refractivity contribution is 7.21. The Balaban J connectivity index is 1.10. The van der Waals surface area contributed by atoms with E-state index in [1.54, 1.807) is 12.1 Å². The molecule has 1 N–H and O–H groups in total. The van der Waals surface area contributed by atoms with Crippen LogP contribution in [0.2, 0.25) is 0 Å². The summed E-state index contributed by atoms with van der Waals surface area (Å²) in [6.07, 6.45) is 0.903. The Hall–Kier alpha value is -3.00. The second-order valence-corrected chi connectivity index (χ2v) is 9.50. The number of para-hydroxylation sites is 1. The fourth-order valence-electron chi connectivity index (χ4n) is 4.36. The lowest BCUT2D eigenvalue weighted by atomic mass is 10.2. The Labute approximate surface area is 196 Å². The molecule has 1 amide bonds. The van der Waals surface area contributed by atoms with Gasteiger partial charge in [-0.15, -0.1) is 11.3 Å². The highest BCUT2D eigenvalue weighted by Crippen LogP contribution is 2.30. The van der Waals surface area contributed by atoms with Crippen LogP contribution in [0.4, 0.5) is 0 Å². The predicted octanol–water partition coefficient (Wildman–Crippen LogP) is 3.95. The van der Waals surface area contributed by atoms with Gasteiger partial charge in [-0.3, -0.25) is 9.69 Å². The van der Waals surface area contributed by atoms with Crippen molar-refractivity contribution in [3.05, 3.63) is 81.5 Å². The Morgan fingerprint density at radius 1 is 0.939 bits per heavy atom. The van der Waals surface area contributed by atoms with E-state index < -0.39 is 5.63 Å². The molecule has 7 heteroatoms. The second kappa shape index (κ2) is 9.87. The molecule has 1 fully saturated rings. The van der Waals surface area contributed by atoms with Crippen LogP contribution in [-0.4, -0.2) is 55.0 Å². The molecule has 0 spiro atoms. The van der Waals surface area contributed by atoms with E-state index in [0.29, 0.717) is 22.4 Å². The lowest BCUT2D eigenvalue weighted by Crippen LogP contribution is -2.46. The Morgan fingerprint density at radius 2 is 1.67 bits per heavy atom. The lowest BCUT2D eigenvalue weighted by molar-refractivity contribution is 0.0951. The van der Waals surface area contributed by atoms with Crippen LogP contribution in [0, 0.1) is 0 Å². The van der Waals surface area contributed by atoms with Gasteiger partial charge < -0.3 is 14.6 Å². The maximum atomic E-state index is 12.7. The van der Waals surface area contributed by atoms with Crippen LogP contribution in [-0.2, 0) is 6.54 Å². The van der Waals surface area contributed by atoms with Crippen molar-refractivity contribution in [2.24, 2.45) is 0 Å². The van der Waals surface area contributed by atoms with E-state index in [2.05, 4.69) is 45.4 Å². The predicted molar refractivity (Wildman–Crippen MR) is 133 cm³/mol. The number of carbonyl (C=O) groups excluding carboxylic acids is 1. The smallest absolute Gasteiger partial charge is 0.345 e. The maximum Gasteiger partial charge on any atom is 0.345 e. The van der Waals surface area contributed by atoms with E-state index >= 15 is 0 Å². The van der Waals surface area contributed by atoms with Crippen molar-refractivity contribution in [1.82, 2.24) is 15.1 Å². The van der Waals surface area contributed by atoms with Crippen molar-refractivity contribution in [3.63, 3.8) is 0 Å². The minimum Gasteiger partial charge on any atom is -0.422 e. The van der Waals surface area contributed by atoms with Gasteiger partial charge >= 0.3 is 5.63 Å². The zero-order valence-electron chi connectivity index (χ0n) is 18.5. The van der Waals surface area contributed by atoms with E-state index in [1.165, 1.54) is 16.9 Å². The molecule has 1 saturated heterocycles. The molecule has 4 aromatic rings. The number of rotatable bonds is 7. The molecule has 0 aliphatic carbocycles. The lowest BCUT2D eigenvalue weighted by Gasteiger charge is -2.34. The third kappa shape index (κ3) is 5.00. The third-order valence-corrected chi connectivity index (χ3v) is 7.33. The summed E-state index contributed by atoms with van der Waals surface area (Å²) in [4.78, 5) is 30.5. The number of thiophene rings is 1. The van der Waals surface area contributed by atoms with Gasteiger partial charge in [0.25, 0.3) is 5.91 Å². The molecule has 2 aromatic carbocycles. The maximum absolute atomic E-state index is 12.7. The molecule has 170 valence electrons. The number of nitrogens with zero attached hydrogens (tertiary/aromatic N) is 2. The summed E-state index contributed by atoms with van der Waals surface area (Å²) in [6.45, 7) is 6.85. The molecule has 0 atom stereocenters. The quantitative estimate of drug-likeness (QED) is 0.334. The molecule has 0 radical (unpaired) electrons. The third-order valence-electron chi connectivity index (χ3n) is 6.16. The SMILES string of the molecule is O=C(NCCCN1CCN(Cc2ccccc2)CC1)c1cc2c(=O)oc3ccccc3c2s1. The first kappa shape index (κ1) is 21.8. The fourth-order valence-corrected chi connectivity index (χ4v) is 5.45. The van der Waals surface area contributed by atoms with Crippen molar-refractivity contribution in [3.8, 4) is 0 Å². The average Bonchev–Trinajstić information content (AvgIpc) is 3.30. The van der Waals surface area contributed by atoms with Gasteiger partial charge in [-0.1, -0.05) is 42.5 Å². The highest BCUT2D eigenvalue weighted by Gasteiger charge is 2.18. The van der Waals surface area contributed by atoms with Gasteiger partial charge in [-0.05, 0) is 36.7 Å². The largest absolute Gasteiger partial charge is 0.422 e. The Kier molecular flexibility index (Phi) is 6.53. The van der Waals surface area contributed by atoms with Crippen LogP contribution in [0.1, 0.15) is 21.7 Å². The monoisotopic (exact) mass is 461 g/mol. The average molecular weight is 462 g/mol. The molecule has 0 bridgehead atoms. The van der Waals surface area contributed by atoms with E-state index in [0.717, 1.165) is 55.8 Å². The number of fused-ring (bicyclic) bond motifs is 3. The van der Waals surface area contributed by atoms with Crippen LogP contribution in [0.15, 0.2) is 69.9 Å². The number of benzene rings is 2. The van der Waals surface area contributed by atoms with E-state index in [1.807, 2.05) is 18.2 Å². The molecular formula is C26H27N3O3S. The van der Waals surface area contributed by atoms with Crippen molar-refractivity contribution < 1.29 is 9.21 Å². The summed E-state index contributed by atoms with van der Waals surface area (Å²) >= 11 is 1.35. The standard InChI is InChI=1S/C26H27N3O3S/c30-25(23-17-21-24(33-23)20-9-4-5-10-22(20)32-26(21)31)27-11-6-12-28-13-15-29(16-14-28)18-19-7-2-1-3-8-19/h1-5,7-10,17H,6,11-16,18H2,(H,27,30). The van der Waals surface area contributed by atoms with Gasteiger partial charge in [0.15, 0.2) is 0 Å². The van der Waals surface area contributed by atoms with Gasteiger partial charge in [-0.2, -0.15) is 0 Å². The van der Waals surface area contributed by atoms with E-state index in [9.17, 15) is 9.59 Å². The first-order valence-corrected chi connectivity index (χ1v) is 12.2. The van der Waals surface area contributed by atoms with Gasteiger partial charge in [-0.25, -0.2) is 4.79 Å². The molecule has 0 saturated carbocycles. The summed E-state index contributed by atoms with van der Waals surface area (Å²) in [6, 6.07) is 19.7. The molecule has 1 aliphatic heterocycles. The molecule has 2 aromatic heterocycles. The van der Waals surface area contributed by atoms with Crippen LogP contribution in [0.25, 0.3) is 21.1 Å². The number of hydrogen-bond donors (Lipinski definition) is 1. The van der Waals surface area contributed by atoms with Crippen LogP contribution < -0.4 is 10.9 Å². The summed E-state index contributed by atoms with van der Waals surface area (Å²) in [5, 5.41) is 4.34. The number of nitrogens with one attached hydrogen (secondary N) is 1. The molecule has 6 nitrogen and oxygen atoms in total. The molecule has 3 heterocycles. The number of amides is 1. The van der Waals surface area contributed by atoms with Crippen LogP contribution in [0.3, 0.4) is 0 Å². The first-order valence-electron chi connectivity index (χ1n) is 11.4. The Morgan fingerprint density at radius 3 is 2.48 bits per heavy atom. The second-order valence-electron chi connectivity index (χ2n) is 8.45. The van der Waals surface area contributed by atoms with Gasteiger partial charge in [0, 0.05) is 44.7 Å². The molecular weight excluding hydrogens is 434 g/mol. The molecule has 1 aliphatic rings. The first-order chi connectivity index (χ1) is 16.2. The van der Waals surface area contributed by atoms with E-state index in [-0.39, 0.29) is 5.91 Å². The zero-order valence-corrected chi connectivity index (χ0v) is 19.3.